The monoisotopic (exact) mass is 251 g/mol. The van der Waals surface area contributed by atoms with E-state index in [1.165, 1.54) is 0 Å². The van der Waals surface area contributed by atoms with Crippen LogP contribution in [0.15, 0.2) is 6.20 Å². The molecule has 0 aliphatic carbocycles. The number of rotatable bonds is 4. The minimum absolute atomic E-state index is 0.0726. The van der Waals surface area contributed by atoms with Crippen LogP contribution in [0.2, 0.25) is 0 Å². The van der Waals surface area contributed by atoms with Crippen molar-refractivity contribution in [2.24, 2.45) is 0 Å². The highest BCUT2D eigenvalue weighted by atomic mass is 16.1. The van der Waals surface area contributed by atoms with E-state index >= 15 is 0 Å². The van der Waals surface area contributed by atoms with E-state index in [9.17, 15) is 4.79 Å². The van der Waals surface area contributed by atoms with E-state index in [0.717, 1.165) is 12.1 Å². The molecule has 1 aromatic heterocycles. The summed E-state index contributed by atoms with van der Waals surface area (Å²) in [5.41, 5.74) is 0.998. The van der Waals surface area contributed by atoms with Gasteiger partial charge in [-0.1, -0.05) is 5.21 Å². The number of amides is 1. The Morgan fingerprint density at radius 2 is 2.33 bits per heavy atom. The molecular weight excluding hydrogens is 230 g/mol. The SMILES string of the molecule is CC(C)(C)NCc1cn(CC2CCC(=O)N2)nn1. The Balaban J connectivity index is 1.84. The predicted molar refractivity (Wildman–Crippen MR) is 67.8 cm³/mol. The Bertz CT molecular complexity index is 420. The third-order valence-corrected chi connectivity index (χ3v) is 2.88. The highest BCUT2D eigenvalue weighted by molar-refractivity contribution is 5.78. The molecule has 6 heteroatoms. The summed E-state index contributed by atoms with van der Waals surface area (Å²) >= 11 is 0. The second-order valence-corrected chi connectivity index (χ2v) is 5.84. The maximum absolute atomic E-state index is 11.1. The summed E-state index contributed by atoms with van der Waals surface area (Å²) in [5.74, 6) is 0.134. The molecule has 1 aliphatic heterocycles. The Labute approximate surface area is 107 Å². The summed E-state index contributed by atoms with van der Waals surface area (Å²) in [4.78, 5) is 11.1. The molecule has 0 aromatic carbocycles. The standard InChI is InChI=1S/C12H21N5O/c1-12(2,3)13-6-10-8-17(16-15-10)7-9-4-5-11(18)14-9/h8-9,13H,4-7H2,1-3H3,(H,14,18). The molecule has 1 aromatic rings. The van der Waals surface area contributed by atoms with Gasteiger partial charge in [-0.3, -0.25) is 9.48 Å². The molecule has 1 unspecified atom stereocenters. The molecule has 1 atom stereocenters. The van der Waals surface area contributed by atoms with E-state index in [1.54, 1.807) is 4.68 Å². The third-order valence-electron chi connectivity index (χ3n) is 2.88. The molecule has 2 N–H and O–H groups in total. The van der Waals surface area contributed by atoms with Gasteiger partial charge < -0.3 is 10.6 Å². The van der Waals surface area contributed by atoms with Crippen LogP contribution in [-0.2, 0) is 17.9 Å². The van der Waals surface area contributed by atoms with Crippen molar-refractivity contribution in [3.8, 4) is 0 Å². The lowest BCUT2D eigenvalue weighted by Gasteiger charge is -2.19. The molecule has 100 valence electrons. The van der Waals surface area contributed by atoms with Gasteiger partial charge in [0.25, 0.3) is 0 Å². The summed E-state index contributed by atoms with van der Waals surface area (Å²) < 4.78 is 1.80. The predicted octanol–water partition coefficient (Wildman–Crippen LogP) is 0.445. The summed E-state index contributed by atoms with van der Waals surface area (Å²) in [6.07, 6.45) is 3.44. The molecule has 6 nitrogen and oxygen atoms in total. The first-order valence-corrected chi connectivity index (χ1v) is 6.36. The van der Waals surface area contributed by atoms with Crippen molar-refractivity contribution in [1.82, 2.24) is 25.6 Å². The molecule has 2 heterocycles. The Morgan fingerprint density at radius 3 is 2.94 bits per heavy atom. The molecule has 1 aliphatic rings. The fourth-order valence-electron chi connectivity index (χ4n) is 1.90. The second-order valence-electron chi connectivity index (χ2n) is 5.84. The first-order valence-electron chi connectivity index (χ1n) is 6.36. The van der Waals surface area contributed by atoms with Crippen molar-refractivity contribution in [1.29, 1.82) is 0 Å². The normalized spacial score (nSPS) is 20.2. The van der Waals surface area contributed by atoms with Gasteiger partial charge in [0.1, 0.15) is 0 Å². The van der Waals surface area contributed by atoms with E-state index in [0.29, 0.717) is 19.5 Å². The Kier molecular flexibility index (Phi) is 3.65. The zero-order valence-corrected chi connectivity index (χ0v) is 11.2. The van der Waals surface area contributed by atoms with Gasteiger partial charge in [0.2, 0.25) is 5.91 Å². The number of aromatic nitrogens is 3. The van der Waals surface area contributed by atoms with Gasteiger partial charge in [-0.15, -0.1) is 5.10 Å². The average Bonchev–Trinajstić information content (AvgIpc) is 2.85. The number of nitrogens with one attached hydrogen (secondary N) is 2. The van der Waals surface area contributed by atoms with Gasteiger partial charge in [0, 0.05) is 30.7 Å². The molecule has 18 heavy (non-hydrogen) atoms. The summed E-state index contributed by atoms with van der Waals surface area (Å²) in [5, 5.41) is 14.5. The highest BCUT2D eigenvalue weighted by Gasteiger charge is 2.21. The van der Waals surface area contributed by atoms with Gasteiger partial charge in [-0.2, -0.15) is 0 Å². The van der Waals surface area contributed by atoms with Crippen LogP contribution in [0.3, 0.4) is 0 Å². The van der Waals surface area contributed by atoms with Gasteiger partial charge in [0.05, 0.1) is 12.2 Å². The van der Waals surface area contributed by atoms with E-state index in [1.807, 2.05) is 6.20 Å². The fraction of sp³-hybridized carbons (Fsp3) is 0.750. The quantitative estimate of drug-likeness (QED) is 0.815. The van der Waals surface area contributed by atoms with Gasteiger partial charge in [-0.25, -0.2) is 0 Å². The minimum atomic E-state index is 0.0726. The van der Waals surface area contributed by atoms with Gasteiger partial charge in [0.15, 0.2) is 0 Å². The third kappa shape index (κ3) is 3.80. The summed E-state index contributed by atoms with van der Waals surface area (Å²) in [7, 11) is 0. The van der Waals surface area contributed by atoms with E-state index < -0.39 is 0 Å². The van der Waals surface area contributed by atoms with Gasteiger partial charge in [-0.05, 0) is 27.2 Å². The first-order chi connectivity index (χ1) is 8.42. The topological polar surface area (TPSA) is 71.8 Å². The lowest BCUT2D eigenvalue weighted by molar-refractivity contribution is -0.119. The molecule has 1 fully saturated rings. The number of nitrogens with zero attached hydrogens (tertiary/aromatic N) is 3. The minimum Gasteiger partial charge on any atom is -0.351 e. The first kappa shape index (κ1) is 13.0. The van der Waals surface area contributed by atoms with Crippen molar-refractivity contribution in [2.75, 3.05) is 0 Å². The maximum atomic E-state index is 11.1. The molecule has 0 radical (unpaired) electrons. The largest absolute Gasteiger partial charge is 0.351 e. The second kappa shape index (κ2) is 5.06. The number of carbonyl (C=O) groups excluding carboxylic acids is 1. The summed E-state index contributed by atoms with van der Waals surface area (Å²) in [6.45, 7) is 7.76. The molecule has 1 amide bonds. The number of carbonyl (C=O) groups is 1. The zero-order chi connectivity index (χ0) is 13.2. The van der Waals surface area contributed by atoms with Crippen molar-refractivity contribution in [2.45, 2.75) is 58.3 Å². The zero-order valence-electron chi connectivity index (χ0n) is 11.2. The molecule has 0 saturated carbocycles. The van der Waals surface area contributed by atoms with Crippen LogP contribution in [-0.4, -0.2) is 32.5 Å². The highest BCUT2D eigenvalue weighted by Crippen LogP contribution is 2.08. The maximum Gasteiger partial charge on any atom is 0.220 e. The van der Waals surface area contributed by atoms with Crippen LogP contribution in [0.5, 0.6) is 0 Å². The van der Waals surface area contributed by atoms with Crippen LogP contribution in [0, 0.1) is 0 Å². The van der Waals surface area contributed by atoms with Gasteiger partial charge >= 0.3 is 0 Å². The average molecular weight is 251 g/mol. The number of hydrogen-bond donors (Lipinski definition) is 2. The Morgan fingerprint density at radius 1 is 1.56 bits per heavy atom. The number of hydrogen-bond acceptors (Lipinski definition) is 4. The van der Waals surface area contributed by atoms with E-state index in [-0.39, 0.29) is 17.5 Å². The lowest BCUT2D eigenvalue weighted by Crippen LogP contribution is -2.35. The fourth-order valence-corrected chi connectivity index (χ4v) is 1.90. The lowest BCUT2D eigenvalue weighted by atomic mass is 10.1. The summed E-state index contributed by atoms with van der Waals surface area (Å²) in [6, 6.07) is 0.197. The molecular formula is C12H21N5O. The van der Waals surface area contributed by atoms with Crippen LogP contribution < -0.4 is 10.6 Å². The van der Waals surface area contributed by atoms with Crippen molar-refractivity contribution in [3.05, 3.63) is 11.9 Å². The van der Waals surface area contributed by atoms with Crippen molar-refractivity contribution >= 4 is 5.91 Å². The smallest absolute Gasteiger partial charge is 0.220 e. The van der Waals surface area contributed by atoms with Crippen molar-refractivity contribution < 1.29 is 4.79 Å². The van der Waals surface area contributed by atoms with E-state index in [2.05, 4.69) is 41.7 Å². The molecule has 0 spiro atoms. The molecule has 1 saturated heterocycles. The van der Waals surface area contributed by atoms with Crippen LogP contribution in [0.4, 0.5) is 0 Å². The Hall–Kier alpha value is -1.43. The van der Waals surface area contributed by atoms with E-state index in [4.69, 9.17) is 0 Å². The van der Waals surface area contributed by atoms with Crippen LogP contribution >= 0.6 is 0 Å². The molecule has 2 rings (SSSR count). The van der Waals surface area contributed by atoms with Crippen LogP contribution in [0.1, 0.15) is 39.3 Å². The molecule has 0 bridgehead atoms. The van der Waals surface area contributed by atoms with Crippen LogP contribution in [0.25, 0.3) is 0 Å². The van der Waals surface area contributed by atoms with Crippen molar-refractivity contribution in [3.63, 3.8) is 0 Å².